The van der Waals surface area contributed by atoms with E-state index in [1.807, 2.05) is 0 Å². The van der Waals surface area contributed by atoms with E-state index in [0.29, 0.717) is 13.1 Å². The first-order valence-corrected chi connectivity index (χ1v) is 11.0. The van der Waals surface area contributed by atoms with E-state index >= 15 is 0 Å². The molecule has 0 spiro atoms. The van der Waals surface area contributed by atoms with Crippen molar-refractivity contribution in [2.75, 3.05) is 19.6 Å². The van der Waals surface area contributed by atoms with E-state index in [2.05, 4.69) is 10.3 Å². The number of hydrogen-bond donors (Lipinski definition) is 4. The van der Waals surface area contributed by atoms with Crippen molar-refractivity contribution in [2.45, 2.75) is 69.5 Å². The molecule has 11 nitrogen and oxygen atoms in total. The van der Waals surface area contributed by atoms with Gasteiger partial charge in [-0.1, -0.05) is 0 Å². The molecule has 0 aromatic heterocycles. The predicted molar refractivity (Wildman–Crippen MR) is 112 cm³/mol. The van der Waals surface area contributed by atoms with Gasteiger partial charge in [0, 0.05) is 19.1 Å². The van der Waals surface area contributed by atoms with E-state index in [1.54, 1.807) is 4.90 Å². The van der Waals surface area contributed by atoms with E-state index in [4.69, 9.17) is 11.5 Å². The first kappa shape index (κ1) is 22.8. The van der Waals surface area contributed by atoms with Crippen LogP contribution in [-0.2, 0) is 19.2 Å². The largest absolute Gasteiger partial charge is 0.481 e. The first-order chi connectivity index (χ1) is 14.8. The van der Waals surface area contributed by atoms with E-state index in [1.165, 1.54) is 4.90 Å². The van der Waals surface area contributed by atoms with Gasteiger partial charge in [0.15, 0.2) is 5.96 Å². The van der Waals surface area contributed by atoms with Gasteiger partial charge in [-0.2, -0.15) is 0 Å². The minimum Gasteiger partial charge on any atom is -0.481 e. The Morgan fingerprint density at radius 3 is 2.42 bits per heavy atom. The maximum absolute atomic E-state index is 13.3. The molecule has 3 aliphatic heterocycles. The van der Waals surface area contributed by atoms with Crippen LogP contribution in [-0.4, -0.2) is 82.3 Å². The minimum atomic E-state index is -1.17. The number of carboxylic acid groups (broad SMARTS) is 1. The number of fused-ring (bicyclic) bond motifs is 2. The van der Waals surface area contributed by atoms with Crippen molar-refractivity contribution in [3.8, 4) is 0 Å². The van der Waals surface area contributed by atoms with Crippen molar-refractivity contribution >= 4 is 29.7 Å². The lowest BCUT2D eigenvalue weighted by atomic mass is 9.72. The summed E-state index contributed by atoms with van der Waals surface area (Å²) in [6.07, 6.45) is 5.30. The number of hydrogen-bond acceptors (Lipinski definition) is 5. The molecule has 3 heterocycles. The summed E-state index contributed by atoms with van der Waals surface area (Å²) >= 11 is 0. The number of guanidine groups is 1. The second-order valence-corrected chi connectivity index (χ2v) is 8.56. The Kier molecular flexibility index (Phi) is 7.34. The summed E-state index contributed by atoms with van der Waals surface area (Å²) < 4.78 is 0. The molecule has 4 rings (SSSR count). The highest BCUT2D eigenvalue weighted by atomic mass is 16.4. The van der Waals surface area contributed by atoms with Crippen LogP contribution in [0, 0.1) is 5.92 Å². The Labute approximate surface area is 181 Å². The van der Waals surface area contributed by atoms with Gasteiger partial charge < -0.3 is 31.7 Å². The number of rotatable bonds is 10. The molecular formula is C20H32N6O5. The lowest BCUT2D eigenvalue weighted by molar-refractivity contribution is -0.177. The lowest BCUT2D eigenvalue weighted by Gasteiger charge is -2.56. The predicted octanol–water partition coefficient (Wildman–Crippen LogP) is -0.999. The van der Waals surface area contributed by atoms with Crippen LogP contribution >= 0.6 is 0 Å². The van der Waals surface area contributed by atoms with Gasteiger partial charge in [0.05, 0.1) is 6.42 Å². The molecule has 4 fully saturated rings. The number of unbranched alkanes of at least 4 members (excludes halogenated alkanes) is 2. The molecule has 11 heteroatoms. The minimum absolute atomic E-state index is 0.00215. The van der Waals surface area contributed by atoms with Gasteiger partial charge >= 0.3 is 5.97 Å². The molecule has 6 N–H and O–H groups in total. The van der Waals surface area contributed by atoms with Crippen LogP contribution in [0.15, 0.2) is 4.99 Å². The highest BCUT2D eigenvalue weighted by Crippen LogP contribution is 2.43. The Balaban J connectivity index is 1.58. The van der Waals surface area contributed by atoms with Crippen LogP contribution in [0.4, 0.5) is 0 Å². The highest BCUT2D eigenvalue weighted by molar-refractivity contribution is 6.01. The molecule has 1 aliphatic carbocycles. The molecule has 172 valence electrons. The number of amides is 3. The molecular weight excluding hydrogens is 404 g/mol. The zero-order valence-corrected chi connectivity index (χ0v) is 17.7. The molecule has 2 bridgehead atoms. The average Bonchev–Trinajstić information content (AvgIpc) is 2.73. The molecule has 31 heavy (non-hydrogen) atoms. The number of carboxylic acids is 1. The maximum atomic E-state index is 13.3. The Hall–Kier alpha value is -2.85. The second-order valence-electron chi connectivity index (χ2n) is 8.56. The fraction of sp³-hybridized carbons (Fsp3) is 0.750. The van der Waals surface area contributed by atoms with Gasteiger partial charge in [-0.3, -0.25) is 24.2 Å². The van der Waals surface area contributed by atoms with Crippen molar-refractivity contribution in [3.63, 3.8) is 0 Å². The molecule has 4 aliphatic rings. The number of nitrogens with one attached hydrogen (secondary N) is 1. The van der Waals surface area contributed by atoms with Gasteiger partial charge in [-0.05, 0) is 50.9 Å². The second kappa shape index (κ2) is 9.97. The van der Waals surface area contributed by atoms with Crippen LogP contribution < -0.4 is 16.8 Å². The monoisotopic (exact) mass is 436 g/mol. The number of piperazine rings is 1. The number of aliphatic carboxylic acids is 1. The molecule has 3 amide bonds. The number of carbonyl (C=O) groups excluding carboxylic acids is 3. The van der Waals surface area contributed by atoms with E-state index in [0.717, 1.165) is 44.9 Å². The summed E-state index contributed by atoms with van der Waals surface area (Å²) in [6.45, 7) is 0.635. The normalized spacial score (nSPS) is 27.1. The Bertz CT molecular complexity index is 744. The third kappa shape index (κ3) is 5.26. The van der Waals surface area contributed by atoms with Crippen LogP contribution in [0.5, 0.6) is 0 Å². The standard InChI is InChI=1S/C20H32N6O5/c21-20(22)24-9-3-1-2-8-23-15(27)11-25-14(10-16(28)29)18(30)26-13-6-4-12(5-7-13)17(26)19(25)31/h12-14,17H,1-11H2,(H,23,27)(H,28,29)(H4,21,22,24)/t12?,13?,14-,17-/m0/s1. The molecule has 3 saturated heterocycles. The fourth-order valence-corrected chi connectivity index (χ4v) is 5.03. The molecule has 0 unspecified atom stereocenters. The van der Waals surface area contributed by atoms with Crippen LogP contribution in [0.1, 0.15) is 51.4 Å². The number of piperidine rings is 2. The molecule has 0 aromatic rings. The van der Waals surface area contributed by atoms with Gasteiger partial charge in [0.25, 0.3) is 0 Å². The SMILES string of the molecule is NC(N)=NCCCCCNC(=O)CN1C(=O)[C@@H]2C3CCC(CC3)N2C(=O)[C@@H]1CC(=O)O. The summed E-state index contributed by atoms with van der Waals surface area (Å²) in [7, 11) is 0. The third-order valence-corrected chi connectivity index (χ3v) is 6.47. The van der Waals surface area contributed by atoms with Crippen molar-refractivity contribution in [1.29, 1.82) is 0 Å². The Morgan fingerprint density at radius 2 is 1.77 bits per heavy atom. The zero-order chi connectivity index (χ0) is 22.5. The van der Waals surface area contributed by atoms with Crippen molar-refractivity contribution in [2.24, 2.45) is 22.4 Å². The quantitative estimate of drug-likeness (QED) is 0.193. The average molecular weight is 437 g/mol. The number of aliphatic imine (C=N–C) groups is 1. The lowest BCUT2D eigenvalue weighted by Crippen LogP contribution is -2.72. The topological polar surface area (TPSA) is 171 Å². The van der Waals surface area contributed by atoms with E-state index in [-0.39, 0.29) is 36.3 Å². The van der Waals surface area contributed by atoms with Gasteiger partial charge in [0.1, 0.15) is 18.6 Å². The zero-order valence-electron chi connectivity index (χ0n) is 17.7. The van der Waals surface area contributed by atoms with E-state index in [9.17, 15) is 24.3 Å². The molecule has 2 atom stereocenters. The summed E-state index contributed by atoms with van der Waals surface area (Å²) in [5.74, 6) is -2.06. The summed E-state index contributed by atoms with van der Waals surface area (Å²) in [5, 5.41) is 12.0. The third-order valence-electron chi connectivity index (χ3n) is 6.47. The van der Waals surface area contributed by atoms with Gasteiger partial charge in [-0.25, -0.2) is 0 Å². The Morgan fingerprint density at radius 1 is 1.06 bits per heavy atom. The summed E-state index contributed by atoms with van der Waals surface area (Å²) in [5.41, 5.74) is 10.5. The maximum Gasteiger partial charge on any atom is 0.305 e. The number of carbonyl (C=O) groups is 4. The number of nitrogens with two attached hydrogens (primary N) is 2. The molecule has 1 saturated carbocycles. The van der Waals surface area contributed by atoms with Crippen LogP contribution in [0.3, 0.4) is 0 Å². The van der Waals surface area contributed by atoms with Crippen LogP contribution in [0.2, 0.25) is 0 Å². The van der Waals surface area contributed by atoms with Crippen molar-refractivity contribution in [1.82, 2.24) is 15.1 Å². The van der Waals surface area contributed by atoms with Gasteiger partial charge in [0.2, 0.25) is 17.7 Å². The molecule has 0 aromatic carbocycles. The van der Waals surface area contributed by atoms with Crippen molar-refractivity contribution < 1.29 is 24.3 Å². The van der Waals surface area contributed by atoms with E-state index < -0.39 is 30.4 Å². The highest BCUT2D eigenvalue weighted by Gasteiger charge is 2.55. The molecule has 0 radical (unpaired) electrons. The van der Waals surface area contributed by atoms with Crippen LogP contribution in [0.25, 0.3) is 0 Å². The van der Waals surface area contributed by atoms with Gasteiger partial charge in [-0.15, -0.1) is 0 Å². The smallest absolute Gasteiger partial charge is 0.305 e. The summed E-state index contributed by atoms with van der Waals surface area (Å²) in [6, 6.07) is -1.70. The fourth-order valence-electron chi connectivity index (χ4n) is 5.03. The first-order valence-electron chi connectivity index (χ1n) is 11.0. The summed E-state index contributed by atoms with van der Waals surface area (Å²) in [4.78, 5) is 56.9. The van der Waals surface area contributed by atoms with Crippen molar-refractivity contribution in [3.05, 3.63) is 0 Å². The number of nitrogens with zero attached hydrogens (tertiary/aromatic N) is 3.